The van der Waals surface area contributed by atoms with E-state index in [0.29, 0.717) is 11.1 Å². The Morgan fingerprint density at radius 2 is 1.97 bits per heavy atom. The van der Waals surface area contributed by atoms with Crippen LogP contribution in [0.2, 0.25) is 0 Å². The molecule has 0 radical (unpaired) electrons. The number of benzene rings is 2. The van der Waals surface area contributed by atoms with E-state index in [1.807, 2.05) is 25.2 Å². The number of ketones is 1. The Balaban J connectivity index is 1.79. The van der Waals surface area contributed by atoms with Crippen LogP contribution in [0.5, 0.6) is 0 Å². The molecule has 0 saturated heterocycles. The van der Waals surface area contributed by atoms with E-state index >= 15 is 0 Å². The molecule has 1 aliphatic heterocycles. The van der Waals surface area contributed by atoms with Gasteiger partial charge >= 0.3 is 6.18 Å². The molecule has 160 valence electrons. The van der Waals surface area contributed by atoms with Crippen LogP contribution in [-0.4, -0.2) is 53.4 Å². The molecule has 31 heavy (non-hydrogen) atoms. The SMILES string of the molecule is CN1CCCN=C1c1ccc(-c2ccc3[nH]cc(C(=O)C(F)(F)F)c3c2)cc1SC=N. The molecule has 2 heterocycles. The number of H-pyrrole nitrogens is 1. The largest absolute Gasteiger partial charge is 0.454 e. The fourth-order valence-corrected chi connectivity index (χ4v) is 4.31. The van der Waals surface area contributed by atoms with Crippen molar-refractivity contribution in [1.82, 2.24) is 9.88 Å². The average molecular weight is 444 g/mol. The number of halogens is 3. The van der Waals surface area contributed by atoms with Gasteiger partial charge in [-0.15, -0.1) is 0 Å². The molecule has 0 unspecified atom stereocenters. The predicted octanol–water partition coefficient (Wildman–Crippen LogP) is 5.36. The van der Waals surface area contributed by atoms with Gasteiger partial charge in [0, 0.05) is 47.7 Å². The summed E-state index contributed by atoms with van der Waals surface area (Å²) in [5.74, 6) is -1.01. The van der Waals surface area contributed by atoms with Crippen LogP contribution in [0, 0.1) is 5.41 Å². The molecule has 0 amide bonds. The number of rotatable bonds is 5. The predicted molar refractivity (Wildman–Crippen MR) is 117 cm³/mol. The van der Waals surface area contributed by atoms with E-state index in [2.05, 4.69) is 14.9 Å². The van der Waals surface area contributed by atoms with E-state index in [4.69, 9.17) is 5.41 Å². The number of alkyl halides is 3. The number of aromatic nitrogens is 1. The van der Waals surface area contributed by atoms with Crippen molar-refractivity contribution in [2.75, 3.05) is 20.1 Å². The second kappa shape index (κ2) is 8.22. The molecule has 0 atom stereocenters. The lowest BCUT2D eigenvalue weighted by Crippen LogP contribution is -2.33. The highest BCUT2D eigenvalue weighted by Crippen LogP contribution is 2.33. The van der Waals surface area contributed by atoms with Crippen molar-refractivity contribution in [1.29, 1.82) is 5.41 Å². The summed E-state index contributed by atoms with van der Waals surface area (Å²) in [7, 11) is 1.98. The molecule has 0 aliphatic carbocycles. The molecular weight excluding hydrogens is 425 g/mol. The molecule has 4 rings (SSSR count). The van der Waals surface area contributed by atoms with Gasteiger partial charge in [0.05, 0.1) is 11.1 Å². The number of amidine groups is 1. The van der Waals surface area contributed by atoms with Crippen LogP contribution in [0.15, 0.2) is 52.5 Å². The summed E-state index contributed by atoms with van der Waals surface area (Å²) < 4.78 is 38.9. The van der Waals surface area contributed by atoms with Gasteiger partial charge in [0.15, 0.2) is 0 Å². The Labute approximate surface area is 180 Å². The number of thioether (sulfide) groups is 1. The van der Waals surface area contributed by atoms with E-state index in [0.717, 1.165) is 47.6 Å². The Bertz CT molecular complexity index is 1200. The van der Waals surface area contributed by atoms with Crippen LogP contribution < -0.4 is 0 Å². The summed E-state index contributed by atoms with van der Waals surface area (Å²) in [6, 6.07) is 10.7. The fourth-order valence-electron chi connectivity index (χ4n) is 3.70. The number of hydrogen-bond acceptors (Lipinski definition) is 5. The number of hydrogen-bond donors (Lipinski definition) is 2. The number of aromatic amines is 1. The first-order chi connectivity index (χ1) is 14.8. The maximum atomic E-state index is 13.0. The van der Waals surface area contributed by atoms with Crippen molar-refractivity contribution in [3.05, 3.63) is 53.7 Å². The summed E-state index contributed by atoms with van der Waals surface area (Å²) in [6.07, 6.45) is -2.85. The van der Waals surface area contributed by atoms with Crippen molar-refractivity contribution in [3.63, 3.8) is 0 Å². The van der Waals surface area contributed by atoms with Gasteiger partial charge in [-0.05, 0) is 41.8 Å². The highest BCUT2D eigenvalue weighted by molar-refractivity contribution is 8.12. The summed E-state index contributed by atoms with van der Waals surface area (Å²) in [6.45, 7) is 1.64. The first-order valence-electron chi connectivity index (χ1n) is 9.58. The molecule has 1 aromatic heterocycles. The van der Waals surface area contributed by atoms with Gasteiger partial charge < -0.3 is 15.3 Å². The molecule has 5 nitrogen and oxygen atoms in total. The summed E-state index contributed by atoms with van der Waals surface area (Å²) >= 11 is 1.25. The first-order valence-corrected chi connectivity index (χ1v) is 10.5. The lowest BCUT2D eigenvalue weighted by atomic mass is 9.99. The number of carbonyl (C=O) groups excluding carboxylic acids is 1. The van der Waals surface area contributed by atoms with Gasteiger partial charge in [0.25, 0.3) is 5.78 Å². The molecule has 1 aliphatic rings. The number of aliphatic imine (C=N–C) groups is 1. The molecule has 0 fully saturated rings. The number of nitrogens with zero attached hydrogens (tertiary/aromatic N) is 2. The summed E-state index contributed by atoms with van der Waals surface area (Å²) in [5, 5.41) is 7.76. The van der Waals surface area contributed by atoms with E-state index in [-0.39, 0.29) is 5.39 Å². The molecule has 0 bridgehead atoms. The van der Waals surface area contributed by atoms with Crippen molar-refractivity contribution in [2.24, 2.45) is 4.99 Å². The van der Waals surface area contributed by atoms with Gasteiger partial charge in [0.1, 0.15) is 5.84 Å². The summed E-state index contributed by atoms with van der Waals surface area (Å²) in [4.78, 5) is 22.1. The minimum atomic E-state index is -4.94. The van der Waals surface area contributed by atoms with E-state index in [9.17, 15) is 18.0 Å². The van der Waals surface area contributed by atoms with Crippen LogP contribution in [0.3, 0.4) is 0 Å². The first kappa shape index (κ1) is 21.2. The zero-order valence-electron chi connectivity index (χ0n) is 16.6. The lowest BCUT2D eigenvalue weighted by molar-refractivity contribution is -0.0884. The highest BCUT2D eigenvalue weighted by atomic mass is 32.2. The third-order valence-electron chi connectivity index (χ3n) is 5.20. The molecule has 9 heteroatoms. The monoisotopic (exact) mass is 444 g/mol. The fraction of sp³-hybridized carbons (Fsp3) is 0.227. The van der Waals surface area contributed by atoms with Crippen molar-refractivity contribution < 1.29 is 18.0 Å². The minimum absolute atomic E-state index is 0.224. The number of Topliss-reactive ketones (excluding diaryl/α,β-unsaturated/α-hetero) is 1. The van der Waals surface area contributed by atoms with Gasteiger partial charge in [0.2, 0.25) is 0 Å². The topological polar surface area (TPSA) is 72.3 Å². The zero-order valence-corrected chi connectivity index (χ0v) is 17.4. The smallest absolute Gasteiger partial charge is 0.360 e. The van der Waals surface area contributed by atoms with Crippen LogP contribution in [-0.2, 0) is 0 Å². The van der Waals surface area contributed by atoms with Gasteiger partial charge in [-0.1, -0.05) is 23.9 Å². The second-order valence-electron chi connectivity index (χ2n) is 7.22. The molecule has 0 saturated carbocycles. The standard InChI is InChI=1S/C22H19F3N4OS/c1-29-8-2-7-27-21(29)15-5-3-14(10-19(15)31-12-26)13-4-6-18-16(9-13)17(11-28-18)20(30)22(23,24)25/h3-6,9-12,26,28H,2,7-8H2,1H3. The average Bonchev–Trinajstić information content (AvgIpc) is 3.16. The van der Waals surface area contributed by atoms with Crippen LogP contribution >= 0.6 is 11.8 Å². The summed E-state index contributed by atoms with van der Waals surface area (Å²) in [5.41, 5.74) is 3.67. The zero-order chi connectivity index (χ0) is 22.2. The van der Waals surface area contributed by atoms with E-state index in [1.54, 1.807) is 18.2 Å². The van der Waals surface area contributed by atoms with Gasteiger partial charge in [-0.25, -0.2) is 0 Å². The third kappa shape index (κ3) is 4.10. The molecular formula is C22H19F3N4OS. The second-order valence-corrected chi connectivity index (χ2v) is 8.13. The Morgan fingerprint density at radius 1 is 1.23 bits per heavy atom. The quantitative estimate of drug-likeness (QED) is 0.241. The minimum Gasteiger partial charge on any atom is -0.360 e. The lowest BCUT2D eigenvalue weighted by Gasteiger charge is -2.26. The third-order valence-corrected chi connectivity index (χ3v) is 5.91. The van der Waals surface area contributed by atoms with Crippen molar-refractivity contribution in [3.8, 4) is 11.1 Å². The van der Waals surface area contributed by atoms with Crippen LogP contribution in [0.4, 0.5) is 13.2 Å². The van der Waals surface area contributed by atoms with E-state index in [1.165, 1.54) is 17.3 Å². The van der Waals surface area contributed by atoms with Crippen LogP contribution in [0.1, 0.15) is 22.3 Å². The maximum Gasteiger partial charge on any atom is 0.454 e. The Hall–Kier alpha value is -3.07. The Morgan fingerprint density at radius 3 is 2.68 bits per heavy atom. The van der Waals surface area contributed by atoms with E-state index < -0.39 is 17.5 Å². The van der Waals surface area contributed by atoms with Gasteiger partial charge in [-0.2, -0.15) is 13.2 Å². The van der Waals surface area contributed by atoms with Gasteiger partial charge in [-0.3, -0.25) is 9.79 Å². The van der Waals surface area contributed by atoms with Crippen molar-refractivity contribution >= 4 is 39.8 Å². The molecule has 3 aromatic rings. The van der Waals surface area contributed by atoms with Crippen LogP contribution in [0.25, 0.3) is 22.0 Å². The molecule has 2 aromatic carbocycles. The number of carbonyl (C=O) groups is 1. The normalized spacial score (nSPS) is 14.6. The Kier molecular flexibility index (Phi) is 5.62. The maximum absolute atomic E-state index is 13.0. The molecule has 0 spiro atoms. The highest BCUT2D eigenvalue weighted by Gasteiger charge is 2.40. The molecule has 2 N–H and O–H groups in total. The van der Waals surface area contributed by atoms with Crippen molar-refractivity contribution in [2.45, 2.75) is 17.5 Å². The number of fused-ring (bicyclic) bond motifs is 1. The number of nitrogens with one attached hydrogen (secondary N) is 2.